The predicted octanol–water partition coefficient (Wildman–Crippen LogP) is 1.67. The number of carboxylic acids is 1. The quantitative estimate of drug-likeness (QED) is 0.718. The number of carbonyl (C=O) groups is 2. The number of alkyl halides is 3. The van der Waals surface area contributed by atoms with Crippen LogP contribution in [0.3, 0.4) is 0 Å². The average Bonchev–Trinajstić information content (AvgIpc) is 3.12. The summed E-state index contributed by atoms with van der Waals surface area (Å²) >= 11 is 0. The third kappa shape index (κ3) is 6.20. The summed E-state index contributed by atoms with van der Waals surface area (Å²) in [6, 6.07) is 4.31. The minimum absolute atomic E-state index is 0.0195. The van der Waals surface area contributed by atoms with Gasteiger partial charge in [0.2, 0.25) is 0 Å². The maximum atomic E-state index is 12.4. The molecule has 12 heteroatoms. The van der Waals surface area contributed by atoms with Crippen LogP contribution < -0.4 is 5.32 Å². The second-order valence-electron chi connectivity index (χ2n) is 7.31. The van der Waals surface area contributed by atoms with Gasteiger partial charge in [0.05, 0.1) is 18.3 Å². The van der Waals surface area contributed by atoms with Gasteiger partial charge in [-0.2, -0.15) is 13.2 Å². The highest BCUT2D eigenvalue weighted by molar-refractivity contribution is 5.92. The molecule has 0 radical (unpaired) electrons. The van der Waals surface area contributed by atoms with E-state index < -0.39 is 12.1 Å². The highest BCUT2D eigenvalue weighted by atomic mass is 19.4. The van der Waals surface area contributed by atoms with E-state index in [4.69, 9.17) is 14.6 Å². The van der Waals surface area contributed by atoms with Crippen LogP contribution in [0.1, 0.15) is 28.9 Å². The van der Waals surface area contributed by atoms with E-state index in [1.54, 1.807) is 12.4 Å². The van der Waals surface area contributed by atoms with Gasteiger partial charge in [0.25, 0.3) is 5.91 Å². The molecule has 172 valence electrons. The molecule has 2 aliphatic rings. The third-order valence-corrected chi connectivity index (χ3v) is 5.09. The van der Waals surface area contributed by atoms with Crippen LogP contribution in [0.25, 0.3) is 0 Å². The number of likely N-dealkylation sites (tertiary alicyclic amines) is 1. The summed E-state index contributed by atoms with van der Waals surface area (Å²) in [6.07, 6.45) is 5.31. The number of fused-ring (bicyclic) bond motifs is 1. The zero-order valence-corrected chi connectivity index (χ0v) is 16.9. The minimum atomic E-state index is -5.08. The molecule has 4 rings (SSSR count). The van der Waals surface area contributed by atoms with Crippen molar-refractivity contribution in [2.24, 2.45) is 0 Å². The Hall–Kier alpha value is -3.12. The van der Waals surface area contributed by atoms with Crippen LogP contribution in [-0.4, -0.2) is 74.4 Å². The fraction of sp³-hybridized carbons (Fsp3) is 0.450. The van der Waals surface area contributed by atoms with Gasteiger partial charge in [0.1, 0.15) is 5.69 Å². The van der Waals surface area contributed by atoms with E-state index in [1.807, 2.05) is 12.3 Å². The molecule has 2 N–H and O–H groups in total. The van der Waals surface area contributed by atoms with Crippen LogP contribution in [0, 0.1) is 0 Å². The second-order valence-corrected chi connectivity index (χ2v) is 7.31. The lowest BCUT2D eigenvalue weighted by Crippen LogP contribution is -2.47. The predicted molar refractivity (Wildman–Crippen MR) is 104 cm³/mol. The van der Waals surface area contributed by atoms with Crippen LogP contribution >= 0.6 is 0 Å². The smallest absolute Gasteiger partial charge is 0.475 e. The molecule has 2 saturated heterocycles. The van der Waals surface area contributed by atoms with Crippen molar-refractivity contribution in [2.45, 2.75) is 43.8 Å². The Bertz CT molecular complexity index is 901. The first-order chi connectivity index (χ1) is 15.3. The zero-order valence-electron chi connectivity index (χ0n) is 16.9. The van der Waals surface area contributed by atoms with Crippen molar-refractivity contribution in [3.63, 3.8) is 0 Å². The zero-order chi connectivity index (χ0) is 23.1. The Morgan fingerprint density at radius 3 is 2.59 bits per heavy atom. The number of hydrogen-bond donors (Lipinski definition) is 2. The number of ether oxygens (including phenoxy) is 1. The molecule has 0 saturated carbocycles. The molecule has 1 amide bonds. The minimum Gasteiger partial charge on any atom is -0.475 e. The maximum absolute atomic E-state index is 12.4. The Morgan fingerprint density at radius 1 is 1.22 bits per heavy atom. The van der Waals surface area contributed by atoms with Gasteiger partial charge in [-0.15, -0.1) is 0 Å². The molecule has 2 aromatic rings. The van der Waals surface area contributed by atoms with Gasteiger partial charge in [0, 0.05) is 50.5 Å². The maximum Gasteiger partial charge on any atom is 0.490 e. The molecule has 0 aromatic carbocycles. The molecular formula is C20H22F3N5O4. The van der Waals surface area contributed by atoms with Gasteiger partial charge >= 0.3 is 12.1 Å². The first-order valence-corrected chi connectivity index (χ1v) is 9.87. The number of aliphatic carboxylic acids is 1. The average molecular weight is 453 g/mol. The second kappa shape index (κ2) is 10.5. The summed E-state index contributed by atoms with van der Waals surface area (Å²) < 4.78 is 37.7. The number of aromatic nitrogens is 3. The van der Waals surface area contributed by atoms with Crippen molar-refractivity contribution >= 4 is 11.9 Å². The number of amides is 1. The van der Waals surface area contributed by atoms with Crippen LogP contribution in [0.2, 0.25) is 0 Å². The number of rotatable bonds is 4. The van der Waals surface area contributed by atoms with Crippen molar-refractivity contribution in [3.05, 3.63) is 54.4 Å². The molecule has 0 unspecified atom stereocenters. The topological polar surface area (TPSA) is 118 Å². The molecule has 2 fully saturated rings. The normalized spacial score (nSPS) is 22.9. The number of pyridine rings is 1. The van der Waals surface area contributed by atoms with Crippen molar-refractivity contribution in [1.29, 1.82) is 0 Å². The summed E-state index contributed by atoms with van der Waals surface area (Å²) in [5, 5.41) is 10.2. The Morgan fingerprint density at radius 2 is 1.97 bits per heavy atom. The van der Waals surface area contributed by atoms with Crippen LogP contribution in [-0.2, 0) is 16.1 Å². The number of carboxylic acid groups (broad SMARTS) is 1. The third-order valence-electron chi connectivity index (χ3n) is 5.09. The van der Waals surface area contributed by atoms with Crippen molar-refractivity contribution < 1.29 is 32.6 Å². The fourth-order valence-corrected chi connectivity index (χ4v) is 3.75. The monoisotopic (exact) mass is 453 g/mol. The standard InChI is InChI=1S/C18H21N5O2.C2HF3O2/c24-18(14-10-20-6-7-21-14)22-15-12-23(11-13-3-1-5-19-9-13)16-4-2-8-25-17(15)16;3-2(4,5)1(6)7/h1,3,5-7,9-10,15-17H,2,4,8,11-12H2,(H,22,24);(H,6,7)/t15-,16-,17-;/m0./s1. The SMILES string of the molecule is O=C(N[C@H]1CN(Cc2cccnc2)[C@H]2CCCO[C@@H]12)c1cnccn1.O=C(O)C(F)(F)F. The van der Waals surface area contributed by atoms with Gasteiger partial charge in [-0.3, -0.25) is 19.7 Å². The van der Waals surface area contributed by atoms with Gasteiger partial charge in [0.15, 0.2) is 0 Å². The van der Waals surface area contributed by atoms with Crippen molar-refractivity contribution in [2.75, 3.05) is 13.2 Å². The summed E-state index contributed by atoms with van der Waals surface area (Å²) in [5.41, 5.74) is 1.51. The van der Waals surface area contributed by atoms with E-state index in [1.165, 1.54) is 18.0 Å². The lowest BCUT2D eigenvalue weighted by atomic mass is 10.0. The van der Waals surface area contributed by atoms with E-state index in [0.717, 1.165) is 32.5 Å². The summed E-state index contributed by atoms with van der Waals surface area (Å²) in [7, 11) is 0. The lowest BCUT2D eigenvalue weighted by Gasteiger charge is -2.32. The number of carbonyl (C=O) groups excluding carboxylic acids is 1. The molecular weight excluding hydrogens is 431 g/mol. The van der Waals surface area contributed by atoms with E-state index >= 15 is 0 Å². The van der Waals surface area contributed by atoms with Gasteiger partial charge < -0.3 is 15.2 Å². The lowest BCUT2D eigenvalue weighted by molar-refractivity contribution is -0.192. The molecule has 0 bridgehead atoms. The highest BCUT2D eigenvalue weighted by Crippen LogP contribution is 2.30. The first-order valence-electron chi connectivity index (χ1n) is 9.87. The molecule has 2 aromatic heterocycles. The number of nitrogens with one attached hydrogen (secondary N) is 1. The fourth-order valence-electron chi connectivity index (χ4n) is 3.75. The summed E-state index contributed by atoms with van der Waals surface area (Å²) in [4.78, 5) is 36.0. The largest absolute Gasteiger partial charge is 0.490 e. The van der Waals surface area contributed by atoms with E-state index in [2.05, 4.69) is 31.2 Å². The molecule has 4 heterocycles. The van der Waals surface area contributed by atoms with Gasteiger partial charge in [-0.05, 0) is 24.5 Å². The van der Waals surface area contributed by atoms with Crippen LogP contribution in [0.15, 0.2) is 43.1 Å². The van der Waals surface area contributed by atoms with Crippen molar-refractivity contribution in [3.8, 4) is 0 Å². The van der Waals surface area contributed by atoms with Gasteiger partial charge in [-0.1, -0.05) is 6.07 Å². The molecule has 3 atom stereocenters. The summed E-state index contributed by atoms with van der Waals surface area (Å²) in [5.74, 6) is -2.96. The van der Waals surface area contributed by atoms with E-state index in [9.17, 15) is 18.0 Å². The number of halogens is 3. The van der Waals surface area contributed by atoms with Crippen molar-refractivity contribution in [1.82, 2.24) is 25.2 Å². The molecule has 0 aliphatic carbocycles. The Labute approximate surface area is 181 Å². The number of hydrogen-bond acceptors (Lipinski definition) is 7. The van der Waals surface area contributed by atoms with Crippen LogP contribution in [0.4, 0.5) is 13.2 Å². The van der Waals surface area contributed by atoms with Gasteiger partial charge in [-0.25, -0.2) is 9.78 Å². The molecule has 9 nitrogen and oxygen atoms in total. The molecule has 32 heavy (non-hydrogen) atoms. The Balaban J connectivity index is 0.000000360. The van der Waals surface area contributed by atoms with E-state index in [-0.39, 0.29) is 18.1 Å². The summed E-state index contributed by atoms with van der Waals surface area (Å²) in [6.45, 7) is 2.32. The Kier molecular flexibility index (Phi) is 7.70. The first kappa shape index (κ1) is 23.5. The highest BCUT2D eigenvalue weighted by Gasteiger charge is 2.44. The molecule has 2 aliphatic heterocycles. The number of nitrogens with zero attached hydrogens (tertiary/aromatic N) is 4. The van der Waals surface area contributed by atoms with Crippen LogP contribution in [0.5, 0.6) is 0 Å². The van der Waals surface area contributed by atoms with E-state index in [0.29, 0.717) is 11.7 Å². The molecule has 0 spiro atoms.